The van der Waals surface area contributed by atoms with E-state index in [0.717, 1.165) is 16.9 Å². The Kier molecular flexibility index (Phi) is 2.32. The fourth-order valence-corrected chi connectivity index (χ4v) is 2.74. The minimum absolute atomic E-state index is 0.221. The van der Waals surface area contributed by atoms with Gasteiger partial charge in [-0.15, -0.1) is 11.8 Å². The van der Waals surface area contributed by atoms with E-state index in [2.05, 4.69) is 0 Å². The molecule has 1 aliphatic heterocycles. The summed E-state index contributed by atoms with van der Waals surface area (Å²) in [6.45, 7) is 3.96. The van der Waals surface area contributed by atoms with Gasteiger partial charge in [-0.2, -0.15) is 0 Å². The van der Waals surface area contributed by atoms with E-state index in [9.17, 15) is 9.50 Å². The first-order chi connectivity index (χ1) is 6.50. The molecular weight excluding hydrogens is 199 g/mol. The first-order valence-corrected chi connectivity index (χ1v) is 5.59. The average molecular weight is 212 g/mol. The number of aliphatic hydroxyl groups excluding tert-OH is 1. The third kappa shape index (κ3) is 1.55. The van der Waals surface area contributed by atoms with Crippen LogP contribution in [0.4, 0.5) is 4.39 Å². The molecule has 2 rings (SSSR count). The molecule has 1 N–H and O–H groups in total. The molecule has 0 radical (unpaired) electrons. The van der Waals surface area contributed by atoms with Crippen LogP contribution < -0.4 is 0 Å². The predicted molar refractivity (Wildman–Crippen MR) is 56.7 cm³/mol. The van der Waals surface area contributed by atoms with Crippen LogP contribution in [-0.4, -0.2) is 9.85 Å². The number of rotatable bonds is 0. The maximum Gasteiger partial charge on any atom is 0.123 e. The summed E-state index contributed by atoms with van der Waals surface area (Å²) < 4.78 is 12.8. The molecule has 1 atom stereocenters. The van der Waals surface area contributed by atoms with Crippen molar-refractivity contribution in [3.63, 3.8) is 0 Å². The summed E-state index contributed by atoms with van der Waals surface area (Å²) in [7, 11) is 0. The highest BCUT2D eigenvalue weighted by molar-refractivity contribution is 7.99. The van der Waals surface area contributed by atoms with Crippen LogP contribution in [0.25, 0.3) is 0 Å². The summed E-state index contributed by atoms with van der Waals surface area (Å²) in [4.78, 5) is 0. The van der Waals surface area contributed by atoms with Crippen molar-refractivity contribution in [3.8, 4) is 0 Å². The smallest absolute Gasteiger partial charge is 0.123 e. The molecule has 0 fully saturated rings. The molecule has 1 unspecified atom stereocenters. The SMILES string of the molecule is CC1(C)SCc2ccc(F)cc2C1O. The Morgan fingerprint density at radius 1 is 1.50 bits per heavy atom. The minimum Gasteiger partial charge on any atom is -0.387 e. The van der Waals surface area contributed by atoms with E-state index in [1.54, 1.807) is 17.8 Å². The lowest BCUT2D eigenvalue weighted by atomic mass is 9.94. The number of benzene rings is 1. The molecule has 0 saturated heterocycles. The summed E-state index contributed by atoms with van der Waals surface area (Å²) >= 11 is 1.70. The lowest BCUT2D eigenvalue weighted by Crippen LogP contribution is -2.30. The van der Waals surface area contributed by atoms with Crippen molar-refractivity contribution in [2.75, 3.05) is 0 Å². The van der Waals surface area contributed by atoms with Gasteiger partial charge in [-0.3, -0.25) is 0 Å². The van der Waals surface area contributed by atoms with Crippen LogP contribution >= 0.6 is 11.8 Å². The molecule has 3 heteroatoms. The predicted octanol–water partition coefficient (Wildman–Crippen LogP) is 2.88. The monoisotopic (exact) mass is 212 g/mol. The van der Waals surface area contributed by atoms with E-state index >= 15 is 0 Å². The highest BCUT2D eigenvalue weighted by atomic mass is 32.2. The highest BCUT2D eigenvalue weighted by Gasteiger charge is 2.35. The number of hydrogen-bond acceptors (Lipinski definition) is 2. The Morgan fingerprint density at radius 3 is 2.93 bits per heavy atom. The Labute approximate surface area is 87.3 Å². The summed E-state index contributed by atoms with van der Waals surface area (Å²) in [5.41, 5.74) is 1.79. The molecule has 1 aromatic rings. The largest absolute Gasteiger partial charge is 0.387 e. The Morgan fingerprint density at radius 2 is 2.21 bits per heavy atom. The van der Waals surface area contributed by atoms with Crippen LogP contribution in [0.5, 0.6) is 0 Å². The first kappa shape index (κ1) is 9.99. The van der Waals surface area contributed by atoms with Crippen LogP contribution in [0, 0.1) is 5.82 Å². The third-order valence-corrected chi connectivity index (χ3v) is 4.08. The Hall–Kier alpha value is -0.540. The molecule has 0 aliphatic carbocycles. The molecule has 0 aromatic heterocycles. The lowest BCUT2D eigenvalue weighted by molar-refractivity contribution is 0.141. The normalized spacial score (nSPS) is 24.4. The van der Waals surface area contributed by atoms with Gasteiger partial charge < -0.3 is 5.11 Å². The number of halogens is 1. The second kappa shape index (κ2) is 3.24. The van der Waals surface area contributed by atoms with Crippen LogP contribution in [-0.2, 0) is 5.75 Å². The van der Waals surface area contributed by atoms with Gasteiger partial charge in [-0.1, -0.05) is 6.07 Å². The zero-order valence-electron chi connectivity index (χ0n) is 8.25. The van der Waals surface area contributed by atoms with Crippen molar-refractivity contribution < 1.29 is 9.50 Å². The standard InChI is InChI=1S/C11H13FOS/c1-11(2)10(13)9-5-8(12)4-3-7(9)6-14-11/h3-5,10,13H,6H2,1-2H3. The van der Waals surface area contributed by atoms with E-state index in [1.807, 2.05) is 13.8 Å². The van der Waals surface area contributed by atoms with E-state index < -0.39 is 6.10 Å². The van der Waals surface area contributed by atoms with Crippen molar-refractivity contribution in [2.45, 2.75) is 30.5 Å². The summed E-state index contributed by atoms with van der Waals surface area (Å²) in [5, 5.41) is 10.0. The first-order valence-electron chi connectivity index (χ1n) is 4.61. The molecular formula is C11H13FOS. The van der Waals surface area contributed by atoms with Crippen molar-refractivity contribution in [2.24, 2.45) is 0 Å². The molecule has 1 aliphatic rings. The van der Waals surface area contributed by atoms with Gasteiger partial charge in [0.1, 0.15) is 5.82 Å². The zero-order valence-corrected chi connectivity index (χ0v) is 9.07. The molecule has 0 spiro atoms. The fraction of sp³-hybridized carbons (Fsp3) is 0.455. The van der Waals surface area contributed by atoms with Gasteiger partial charge >= 0.3 is 0 Å². The zero-order chi connectivity index (χ0) is 10.3. The van der Waals surface area contributed by atoms with E-state index in [4.69, 9.17) is 0 Å². The number of fused-ring (bicyclic) bond motifs is 1. The average Bonchev–Trinajstić information content (AvgIpc) is 2.13. The molecule has 1 nitrogen and oxygen atoms in total. The second-order valence-electron chi connectivity index (χ2n) is 4.14. The van der Waals surface area contributed by atoms with Crippen LogP contribution in [0.15, 0.2) is 18.2 Å². The van der Waals surface area contributed by atoms with Crippen molar-refractivity contribution >= 4 is 11.8 Å². The number of hydrogen-bond donors (Lipinski definition) is 1. The Balaban J connectivity index is 2.48. The maximum atomic E-state index is 13.0. The molecule has 0 saturated carbocycles. The van der Waals surface area contributed by atoms with Crippen molar-refractivity contribution in [1.82, 2.24) is 0 Å². The quantitative estimate of drug-likeness (QED) is 0.713. The minimum atomic E-state index is -0.577. The summed E-state index contributed by atoms with van der Waals surface area (Å²) in [6.07, 6.45) is -0.577. The van der Waals surface area contributed by atoms with Crippen molar-refractivity contribution in [3.05, 3.63) is 35.1 Å². The Bertz CT molecular complexity index is 362. The number of thioether (sulfide) groups is 1. The maximum absolute atomic E-state index is 13.0. The number of aliphatic hydroxyl groups is 1. The van der Waals surface area contributed by atoms with Crippen LogP contribution in [0.1, 0.15) is 31.1 Å². The molecule has 14 heavy (non-hydrogen) atoms. The summed E-state index contributed by atoms with van der Waals surface area (Å²) in [6, 6.07) is 4.65. The van der Waals surface area contributed by atoms with E-state index in [0.29, 0.717) is 0 Å². The van der Waals surface area contributed by atoms with Gasteiger partial charge in [-0.25, -0.2) is 4.39 Å². The van der Waals surface area contributed by atoms with Gasteiger partial charge in [0.15, 0.2) is 0 Å². The lowest BCUT2D eigenvalue weighted by Gasteiger charge is -2.36. The molecule has 0 bridgehead atoms. The summed E-state index contributed by atoms with van der Waals surface area (Å²) in [5.74, 6) is 0.574. The van der Waals surface area contributed by atoms with Gasteiger partial charge in [0.2, 0.25) is 0 Å². The third-order valence-electron chi connectivity index (χ3n) is 2.66. The van der Waals surface area contributed by atoms with E-state index in [1.165, 1.54) is 12.1 Å². The van der Waals surface area contributed by atoms with Gasteiger partial charge in [0.25, 0.3) is 0 Å². The molecule has 1 aromatic carbocycles. The van der Waals surface area contributed by atoms with Crippen molar-refractivity contribution in [1.29, 1.82) is 0 Å². The fourth-order valence-electron chi connectivity index (χ4n) is 1.67. The van der Waals surface area contributed by atoms with Gasteiger partial charge in [0, 0.05) is 10.5 Å². The van der Waals surface area contributed by atoms with E-state index in [-0.39, 0.29) is 10.6 Å². The molecule has 0 amide bonds. The van der Waals surface area contributed by atoms with Gasteiger partial charge in [0.05, 0.1) is 6.10 Å². The highest BCUT2D eigenvalue weighted by Crippen LogP contribution is 2.45. The second-order valence-corrected chi connectivity index (χ2v) is 5.77. The van der Waals surface area contributed by atoms with Crippen LogP contribution in [0.3, 0.4) is 0 Å². The topological polar surface area (TPSA) is 20.2 Å². The molecule has 76 valence electrons. The van der Waals surface area contributed by atoms with Crippen LogP contribution in [0.2, 0.25) is 0 Å². The molecule has 1 heterocycles. The van der Waals surface area contributed by atoms with Gasteiger partial charge in [-0.05, 0) is 37.1 Å².